The lowest BCUT2D eigenvalue weighted by Crippen LogP contribution is -2.35. The van der Waals surface area contributed by atoms with Crippen LogP contribution in [0.3, 0.4) is 0 Å². The second-order valence-corrected chi connectivity index (χ2v) is 6.74. The van der Waals surface area contributed by atoms with Gasteiger partial charge in [0.25, 0.3) is 0 Å². The van der Waals surface area contributed by atoms with Gasteiger partial charge in [-0.1, -0.05) is 26.7 Å². The maximum absolute atomic E-state index is 11.1. The molecule has 0 aromatic rings. The minimum absolute atomic E-state index is 0.0691. The zero-order chi connectivity index (χ0) is 23.4. The maximum Gasteiger partial charge on any atom is 0.330 e. The molecule has 0 bridgehead atoms. The first-order valence-corrected chi connectivity index (χ1v) is 9.91. The highest BCUT2D eigenvalue weighted by Crippen LogP contribution is 2.18. The molecule has 0 saturated heterocycles. The number of ketones is 1. The van der Waals surface area contributed by atoms with Gasteiger partial charge in [-0.2, -0.15) is 0 Å². The molecule has 9 nitrogen and oxygen atoms in total. The standard InChI is InChI=1S/C22H34O9/c1-5-19(23)8-9-26-10-11-27-16-22(4,17-28-12-14-30-20(24)6-2)18-29-13-15-31-21(25)7-3/h5-7H,1-3,8-18H2,4H3. The molecule has 0 radical (unpaired) electrons. The molecular formula is C22H34O9. The molecule has 0 aliphatic rings. The van der Waals surface area contributed by atoms with Crippen LogP contribution in [-0.2, 0) is 42.8 Å². The highest BCUT2D eigenvalue weighted by Gasteiger charge is 2.26. The predicted molar refractivity (Wildman–Crippen MR) is 114 cm³/mol. The smallest absolute Gasteiger partial charge is 0.330 e. The summed E-state index contributed by atoms with van der Waals surface area (Å²) in [6, 6.07) is 0. The Hall–Kier alpha value is -2.33. The first-order valence-electron chi connectivity index (χ1n) is 9.91. The van der Waals surface area contributed by atoms with Crippen LogP contribution in [-0.4, -0.2) is 83.8 Å². The van der Waals surface area contributed by atoms with Crippen LogP contribution in [0, 0.1) is 5.41 Å². The summed E-state index contributed by atoms with van der Waals surface area (Å²) < 4.78 is 31.9. The molecule has 0 saturated carbocycles. The van der Waals surface area contributed by atoms with Gasteiger partial charge >= 0.3 is 11.9 Å². The summed E-state index contributed by atoms with van der Waals surface area (Å²) in [5.41, 5.74) is -0.496. The van der Waals surface area contributed by atoms with E-state index in [9.17, 15) is 14.4 Å². The lowest BCUT2D eigenvalue weighted by atomic mass is 9.94. The average molecular weight is 443 g/mol. The summed E-state index contributed by atoms with van der Waals surface area (Å²) in [7, 11) is 0. The number of ether oxygens (including phenoxy) is 6. The van der Waals surface area contributed by atoms with Crippen LogP contribution in [0.4, 0.5) is 0 Å². The van der Waals surface area contributed by atoms with E-state index < -0.39 is 17.4 Å². The third-order valence-electron chi connectivity index (χ3n) is 3.72. The Morgan fingerprint density at radius 2 is 1.06 bits per heavy atom. The topological polar surface area (TPSA) is 107 Å². The molecule has 0 spiro atoms. The number of hydrogen-bond acceptors (Lipinski definition) is 9. The van der Waals surface area contributed by atoms with E-state index in [0.717, 1.165) is 12.2 Å². The Morgan fingerprint density at radius 3 is 1.48 bits per heavy atom. The number of carbonyl (C=O) groups is 3. The minimum atomic E-state index is -0.512. The van der Waals surface area contributed by atoms with E-state index in [1.165, 1.54) is 6.08 Å². The number of allylic oxidation sites excluding steroid dienone is 1. The van der Waals surface area contributed by atoms with Crippen molar-refractivity contribution < 1.29 is 42.8 Å². The normalized spacial score (nSPS) is 10.9. The number of rotatable bonds is 21. The molecule has 0 amide bonds. The summed E-state index contributed by atoms with van der Waals surface area (Å²) in [6.07, 6.45) is 3.72. The fraction of sp³-hybridized carbons (Fsp3) is 0.591. The Morgan fingerprint density at radius 1 is 0.645 bits per heavy atom. The molecule has 31 heavy (non-hydrogen) atoms. The van der Waals surface area contributed by atoms with Gasteiger partial charge in [0, 0.05) is 24.0 Å². The second kappa shape index (κ2) is 18.4. The third-order valence-corrected chi connectivity index (χ3v) is 3.72. The van der Waals surface area contributed by atoms with Crippen LogP contribution in [0.5, 0.6) is 0 Å². The molecule has 0 fully saturated rings. The molecule has 0 unspecified atom stereocenters. The monoisotopic (exact) mass is 442 g/mol. The summed E-state index contributed by atoms with van der Waals surface area (Å²) in [5, 5.41) is 0. The van der Waals surface area contributed by atoms with Gasteiger partial charge in [0.05, 0.1) is 52.9 Å². The van der Waals surface area contributed by atoms with Crippen LogP contribution < -0.4 is 0 Å². The van der Waals surface area contributed by atoms with Crippen LogP contribution in [0.2, 0.25) is 0 Å². The molecule has 9 heteroatoms. The fourth-order valence-corrected chi connectivity index (χ4v) is 2.10. The molecule has 0 aromatic carbocycles. The van der Waals surface area contributed by atoms with Gasteiger partial charge in [0.15, 0.2) is 5.78 Å². The molecule has 0 aromatic heterocycles. The largest absolute Gasteiger partial charge is 0.460 e. The number of carbonyl (C=O) groups excluding carboxylic acids is 3. The van der Waals surface area contributed by atoms with Crippen molar-refractivity contribution in [3.63, 3.8) is 0 Å². The first-order chi connectivity index (χ1) is 14.9. The number of esters is 2. The first kappa shape index (κ1) is 28.7. The van der Waals surface area contributed by atoms with Crippen molar-refractivity contribution in [2.24, 2.45) is 5.41 Å². The van der Waals surface area contributed by atoms with E-state index in [-0.39, 0.29) is 38.6 Å². The molecular weight excluding hydrogens is 408 g/mol. The average Bonchev–Trinajstić information content (AvgIpc) is 2.77. The van der Waals surface area contributed by atoms with E-state index >= 15 is 0 Å². The van der Waals surface area contributed by atoms with Gasteiger partial charge in [-0.3, -0.25) is 4.79 Å². The molecule has 0 heterocycles. The van der Waals surface area contributed by atoms with Crippen molar-refractivity contribution in [2.45, 2.75) is 13.3 Å². The van der Waals surface area contributed by atoms with E-state index in [1.54, 1.807) is 0 Å². The molecule has 0 N–H and O–H groups in total. The summed E-state index contributed by atoms with van der Waals surface area (Å²) in [4.78, 5) is 33.2. The van der Waals surface area contributed by atoms with Crippen molar-refractivity contribution in [1.82, 2.24) is 0 Å². The minimum Gasteiger partial charge on any atom is -0.460 e. The lowest BCUT2D eigenvalue weighted by molar-refractivity contribution is -0.140. The van der Waals surface area contributed by atoms with Gasteiger partial charge in [-0.25, -0.2) is 9.59 Å². The molecule has 0 rings (SSSR count). The van der Waals surface area contributed by atoms with Crippen molar-refractivity contribution in [3.8, 4) is 0 Å². The zero-order valence-electron chi connectivity index (χ0n) is 18.3. The molecule has 0 aliphatic heterocycles. The van der Waals surface area contributed by atoms with Crippen molar-refractivity contribution >= 4 is 17.7 Å². The van der Waals surface area contributed by atoms with E-state index in [2.05, 4.69) is 19.7 Å². The van der Waals surface area contributed by atoms with Crippen LogP contribution in [0.1, 0.15) is 13.3 Å². The summed E-state index contributed by atoms with van der Waals surface area (Å²) >= 11 is 0. The lowest BCUT2D eigenvalue weighted by Gasteiger charge is -2.29. The second-order valence-electron chi connectivity index (χ2n) is 6.74. The zero-order valence-corrected chi connectivity index (χ0v) is 18.3. The van der Waals surface area contributed by atoms with Crippen LogP contribution in [0.15, 0.2) is 38.0 Å². The predicted octanol–water partition coefficient (Wildman–Crippen LogP) is 1.66. The Labute approximate surface area is 184 Å². The third kappa shape index (κ3) is 17.1. The SMILES string of the molecule is C=CC(=O)CCOCCOCC(C)(COCCOC(=O)C=C)COCCOC(=O)C=C. The van der Waals surface area contributed by atoms with Gasteiger partial charge < -0.3 is 28.4 Å². The Balaban J connectivity index is 4.26. The van der Waals surface area contributed by atoms with Gasteiger partial charge in [-0.05, 0) is 6.08 Å². The van der Waals surface area contributed by atoms with Crippen molar-refractivity contribution in [3.05, 3.63) is 38.0 Å². The van der Waals surface area contributed by atoms with Gasteiger partial charge in [0.2, 0.25) is 0 Å². The molecule has 176 valence electrons. The summed E-state index contributed by atoms with van der Waals surface area (Å²) in [6.45, 7) is 14.5. The van der Waals surface area contributed by atoms with E-state index in [4.69, 9.17) is 28.4 Å². The van der Waals surface area contributed by atoms with Crippen LogP contribution in [0.25, 0.3) is 0 Å². The highest BCUT2D eigenvalue weighted by atomic mass is 16.6. The van der Waals surface area contributed by atoms with E-state index in [1.807, 2.05) is 6.92 Å². The van der Waals surface area contributed by atoms with Crippen molar-refractivity contribution in [1.29, 1.82) is 0 Å². The highest BCUT2D eigenvalue weighted by molar-refractivity contribution is 5.89. The van der Waals surface area contributed by atoms with Crippen molar-refractivity contribution in [2.75, 3.05) is 66.1 Å². The number of hydrogen-bond donors (Lipinski definition) is 0. The maximum atomic E-state index is 11.1. The Kier molecular flexibility index (Phi) is 17.1. The Bertz CT molecular complexity index is 541. The molecule has 0 aliphatic carbocycles. The summed E-state index contributed by atoms with van der Waals surface area (Å²) in [5.74, 6) is -1.09. The quantitative estimate of drug-likeness (QED) is 0.149. The van der Waals surface area contributed by atoms with Gasteiger partial charge in [0.1, 0.15) is 13.2 Å². The van der Waals surface area contributed by atoms with Crippen LogP contribution >= 0.6 is 0 Å². The van der Waals surface area contributed by atoms with E-state index in [0.29, 0.717) is 39.6 Å². The molecule has 0 atom stereocenters. The fourth-order valence-electron chi connectivity index (χ4n) is 2.10. The van der Waals surface area contributed by atoms with Gasteiger partial charge in [-0.15, -0.1) is 0 Å².